The van der Waals surface area contributed by atoms with Gasteiger partial charge in [0.05, 0.1) is 12.8 Å². The van der Waals surface area contributed by atoms with Crippen LogP contribution in [0.2, 0.25) is 0 Å². The van der Waals surface area contributed by atoms with Crippen molar-refractivity contribution < 1.29 is 9.59 Å². The summed E-state index contributed by atoms with van der Waals surface area (Å²) in [7, 11) is 0. The summed E-state index contributed by atoms with van der Waals surface area (Å²) in [5.74, 6) is -0.241. The molecule has 0 spiro atoms. The van der Waals surface area contributed by atoms with E-state index in [0.717, 1.165) is 40.7 Å². The monoisotopic (exact) mass is 523 g/mol. The average molecular weight is 524 g/mol. The van der Waals surface area contributed by atoms with Gasteiger partial charge in [0, 0.05) is 13.1 Å². The van der Waals surface area contributed by atoms with E-state index in [1.54, 1.807) is 0 Å². The molecule has 2 aromatic heterocycles. The SMILES string of the molecule is O=C(Cc1ccccc1)Nc1n[nH]c(=O)s1.O=C(Cc1ccccc1)Nc1nnc(N2CCCC2)s1. The second-order valence-corrected chi connectivity index (χ2v) is 9.84. The van der Waals surface area contributed by atoms with E-state index in [1.165, 1.54) is 24.2 Å². The Bertz CT molecular complexity index is 1320. The number of aromatic amines is 1. The quantitative estimate of drug-likeness (QED) is 0.338. The van der Waals surface area contributed by atoms with Gasteiger partial charge in [-0.2, -0.15) is 0 Å². The number of benzene rings is 2. The highest BCUT2D eigenvalue weighted by molar-refractivity contribution is 7.19. The van der Waals surface area contributed by atoms with E-state index in [1.807, 2.05) is 60.7 Å². The predicted octanol–water partition coefficient (Wildman–Crippen LogP) is 3.33. The van der Waals surface area contributed by atoms with Crippen molar-refractivity contribution >= 4 is 49.9 Å². The number of anilines is 3. The Labute approximate surface area is 215 Å². The van der Waals surface area contributed by atoms with Gasteiger partial charge < -0.3 is 15.5 Å². The zero-order chi connectivity index (χ0) is 25.2. The number of aromatic nitrogens is 4. The molecule has 5 rings (SSSR count). The third-order valence-corrected chi connectivity index (χ3v) is 6.70. The zero-order valence-corrected chi connectivity index (χ0v) is 21.0. The van der Waals surface area contributed by atoms with Crippen molar-refractivity contribution in [1.29, 1.82) is 0 Å². The molecular weight excluding hydrogens is 498 g/mol. The standard InChI is InChI=1S/C14H16N4OS.C10H9N3O2S/c19-12(10-11-6-2-1-3-7-11)15-13-16-17-14(20-13)18-8-4-5-9-18;14-8(6-7-4-2-1-3-5-7)11-9-12-13-10(15)16-9/h1-3,6-7H,4-5,8-10H2,(H,15,16,19);1-5H,6H2,(H,13,15)(H,11,12,14). The van der Waals surface area contributed by atoms with Crippen LogP contribution in [0.5, 0.6) is 0 Å². The molecule has 10 nitrogen and oxygen atoms in total. The lowest BCUT2D eigenvalue weighted by Gasteiger charge is -2.10. The molecule has 186 valence electrons. The van der Waals surface area contributed by atoms with Crippen LogP contribution in [0.4, 0.5) is 15.4 Å². The summed E-state index contributed by atoms with van der Waals surface area (Å²) in [4.78, 5) is 36.2. The lowest BCUT2D eigenvalue weighted by Crippen LogP contribution is -2.17. The molecule has 4 aromatic rings. The number of carbonyl (C=O) groups is 2. The highest BCUT2D eigenvalue weighted by Gasteiger charge is 2.17. The Morgan fingerprint density at radius 1 is 0.806 bits per heavy atom. The molecule has 2 aromatic carbocycles. The molecule has 3 N–H and O–H groups in total. The molecule has 0 radical (unpaired) electrons. The molecule has 0 bridgehead atoms. The van der Waals surface area contributed by atoms with Crippen molar-refractivity contribution in [2.45, 2.75) is 25.7 Å². The molecular formula is C24H25N7O3S2. The average Bonchev–Trinajstić information content (AvgIpc) is 3.63. The second kappa shape index (κ2) is 12.7. The smallest absolute Gasteiger partial charge is 0.324 e. The summed E-state index contributed by atoms with van der Waals surface area (Å²) in [5, 5.41) is 21.2. The third kappa shape index (κ3) is 7.82. The van der Waals surface area contributed by atoms with Crippen molar-refractivity contribution in [2.24, 2.45) is 0 Å². The van der Waals surface area contributed by atoms with Gasteiger partial charge >= 0.3 is 4.87 Å². The molecule has 12 heteroatoms. The van der Waals surface area contributed by atoms with Gasteiger partial charge in [0.15, 0.2) is 0 Å². The minimum absolute atomic E-state index is 0.0553. The van der Waals surface area contributed by atoms with Crippen molar-refractivity contribution in [1.82, 2.24) is 20.4 Å². The number of nitrogens with one attached hydrogen (secondary N) is 3. The van der Waals surface area contributed by atoms with Crippen LogP contribution in [0.1, 0.15) is 24.0 Å². The van der Waals surface area contributed by atoms with Crippen LogP contribution in [0.25, 0.3) is 0 Å². The summed E-state index contributed by atoms with van der Waals surface area (Å²) in [6.45, 7) is 2.07. The lowest BCUT2D eigenvalue weighted by atomic mass is 10.1. The van der Waals surface area contributed by atoms with E-state index in [0.29, 0.717) is 16.7 Å². The highest BCUT2D eigenvalue weighted by Crippen LogP contribution is 2.26. The fraction of sp³-hybridized carbons (Fsp3) is 0.250. The van der Waals surface area contributed by atoms with Crippen LogP contribution in [0.15, 0.2) is 65.5 Å². The van der Waals surface area contributed by atoms with Crippen LogP contribution < -0.4 is 20.4 Å². The van der Waals surface area contributed by atoms with Gasteiger partial charge in [-0.3, -0.25) is 14.4 Å². The van der Waals surface area contributed by atoms with E-state index < -0.39 is 0 Å². The van der Waals surface area contributed by atoms with E-state index in [4.69, 9.17) is 0 Å². The molecule has 36 heavy (non-hydrogen) atoms. The van der Waals surface area contributed by atoms with E-state index in [-0.39, 0.29) is 23.1 Å². The Kier molecular flexibility index (Phi) is 8.89. The molecule has 0 saturated carbocycles. The fourth-order valence-electron chi connectivity index (χ4n) is 3.47. The molecule has 2 amide bonds. The molecule has 1 aliphatic rings. The fourth-order valence-corrected chi connectivity index (χ4v) is 4.81. The lowest BCUT2D eigenvalue weighted by molar-refractivity contribution is -0.116. The van der Waals surface area contributed by atoms with Crippen LogP contribution in [0.3, 0.4) is 0 Å². The number of hydrogen-bond acceptors (Lipinski definition) is 9. The molecule has 0 atom stereocenters. The molecule has 0 unspecified atom stereocenters. The van der Waals surface area contributed by atoms with Gasteiger partial charge in [0.1, 0.15) is 0 Å². The Hall–Kier alpha value is -3.90. The Balaban J connectivity index is 0.000000174. The van der Waals surface area contributed by atoms with Gasteiger partial charge in [-0.15, -0.1) is 15.3 Å². The first-order chi connectivity index (χ1) is 17.5. The number of H-pyrrole nitrogens is 1. The predicted molar refractivity (Wildman–Crippen MR) is 142 cm³/mol. The van der Waals surface area contributed by atoms with Gasteiger partial charge in [-0.1, -0.05) is 72.0 Å². The van der Waals surface area contributed by atoms with Crippen LogP contribution in [0, 0.1) is 0 Å². The van der Waals surface area contributed by atoms with Gasteiger partial charge in [-0.25, -0.2) is 5.10 Å². The zero-order valence-electron chi connectivity index (χ0n) is 19.3. The molecule has 1 fully saturated rings. The maximum atomic E-state index is 11.9. The topological polar surface area (TPSA) is 133 Å². The maximum absolute atomic E-state index is 11.9. The van der Waals surface area contributed by atoms with Crippen LogP contribution in [-0.2, 0) is 22.4 Å². The Morgan fingerprint density at radius 2 is 1.36 bits per heavy atom. The van der Waals surface area contributed by atoms with Crippen LogP contribution in [-0.4, -0.2) is 45.3 Å². The summed E-state index contributed by atoms with van der Waals surface area (Å²) in [6, 6.07) is 19.0. The van der Waals surface area contributed by atoms with E-state index in [2.05, 4.69) is 35.9 Å². The highest BCUT2D eigenvalue weighted by atomic mass is 32.1. The van der Waals surface area contributed by atoms with E-state index in [9.17, 15) is 14.4 Å². The van der Waals surface area contributed by atoms with Gasteiger partial charge in [0.25, 0.3) is 0 Å². The maximum Gasteiger partial charge on any atom is 0.324 e. The number of amides is 2. The minimum Gasteiger partial charge on any atom is -0.347 e. The normalized spacial score (nSPS) is 12.5. The van der Waals surface area contributed by atoms with Gasteiger partial charge in [-0.05, 0) is 35.3 Å². The van der Waals surface area contributed by atoms with Crippen molar-refractivity contribution in [3.05, 3.63) is 81.5 Å². The summed E-state index contributed by atoms with van der Waals surface area (Å²) in [5.41, 5.74) is 1.91. The summed E-state index contributed by atoms with van der Waals surface area (Å²) in [6.07, 6.45) is 3.04. The number of carbonyl (C=O) groups excluding carboxylic acids is 2. The molecule has 3 heterocycles. The third-order valence-electron chi connectivity index (χ3n) is 5.14. The molecule has 0 aliphatic carbocycles. The summed E-state index contributed by atoms with van der Waals surface area (Å²) >= 11 is 2.31. The Morgan fingerprint density at radius 3 is 1.89 bits per heavy atom. The second-order valence-electron chi connectivity index (χ2n) is 7.92. The van der Waals surface area contributed by atoms with Crippen molar-refractivity contribution in [3.8, 4) is 0 Å². The van der Waals surface area contributed by atoms with Crippen molar-refractivity contribution in [2.75, 3.05) is 28.6 Å². The molecule has 1 saturated heterocycles. The number of nitrogens with zero attached hydrogens (tertiary/aromatic N) is 4. The first kappa shape index (κ1) is 25.2. The van der Waals surface area contributed by atoms with Gasteiger partial charge in [0.2, 0.25) is 27.2 Å². The minimum atomic E-state index is -0.282. The van der Waals surface area contributed by atoms with E-state index >= 15 is 0 Å². The van der Waals surface area contributed by atoms with Crippen molar-refractivity contribution in [3.63, 3.8) is 0 Å². The summed E-state index contributed by atoms with van der Waals surface area (Å²) < 4.78 is 0. The first-order valence-electron chi connectivity index (χ1n) is 11.4. The first-order valence-corrected chi connectivity index (χ1v) is 13.0. The molecule has 1 aliphatic heterocycles. The largest absolute Gasteiger partial charge is 0.347 e. The van der Waals surface area contributed by atoms with Crippen LogP contribution >= 0.6 is 22.7 Å². The number of rotatable bonds is 7. The number of hydrogen-bond donors (Lipinski definition) is 3.